The number of carbonyl (C=O) groups is 2. The largest absolute Gasteiger partial charge is 0.494 e. The highest BCUT2D eigenvalue weighted by Gasteiger charge is 2.13. The average Bonchev–Trinajstić information content (AvgIpc) is 2.57. The van der Waals surface area contributed by atoms with Crippen LogP contribution in [0.2, 0.25) is 0 Å². The smallest absolute Gasteiger partial charge is 0.352 e. The Morgan fingerprint density at radius 3 is 2.30 bits per heavy atom. The summed E-state index contributed by atoms with van der Waals surface area (Å²) in [7, 11) is 0. The molecule has 0 bridgehead atoms. The Labute approximate surface area is 134 Å². The van der Waals surface area contributed by atoms with Crippen LogP contribution in [0.15, 0.2) is 60.3 Å². The average molecular weight is 311 g/mol. The topological polar surface area (TPSA) is 75.6 Å². The van der Waals surface area contributed by atoms with E-state index in [1.165, 1.54) is 6.08 Å². The van der Waals surface area contributed by atoms with Gasteiger partial charge in [-0.15, -0.1) is 0 Å². The molecule has 0 radical (unpaired) electrons. The van der Waals surface area contributed by atoms with Crippen LogP contribution in [0.5, 0.6) is 5.75 Å². The molecule has 2 aromatic carbocycles. The maximum absolute atomic E-state index is 12.1. The van der Waals surface area contributed by atoms with E-state index in [4.69, 9.17) is 4.74 Å². The number of nitrogens with one attached hydrogen (secondary N) is 1. The maximum atomic E-state index is 12.1. The van der Waals surface area contributed by atoms with Crippen molar-refractivity contribution < 1.29 is 19.4 Å². The van der Waals surface area contributed by atoms with E-state index in [0.717, 1.165) is 0 Å². The summed E-state index contributed by atoms with van der Waals surface area (Å²) >= 11 is 0. The molecule has 2 N–H and O–H groups in total. The zero-order valence-corrected chi connectivity index (χ0v) is 12.7. The number of carboxylic acids is 1. The molecule has 5 heteroatoms. The molecular formula is C18H17NO4. The number of carbonyl (C=O) groups excluding carboxylic acids is 1. The van der Waals surface area contributed by atoms with E-state index in [2.05, 4.69) is 5.32 Å². The molecule has 0 aliphatic rings. The minimum Gasteiger partial charge on any atom is -0.494 e. The lowest BCUT2D eigenvalue weighted by molar-refractivity contribution is -0.132. The Morgan fingerprint density at radius 2 is 1.74 bits per heavy atom. The van der Waals surface area contributed by atoms with Crippen LogP contribution in [0.25, 0.3) is 6.08 Å². The predicted octanol–water partition coefficient (Wildman–Crippen LogP) is 2.94. The van der Waals surface area contributed by atoms with Gasteiger partial charge in [0.05, 0.1) is 6.61 Å². The molecule has 118 valence electrons. The zero-order valence-electron chi connectivity index (χ0n) is 12.7. The van der Waals surface area contributed by atoms with E-state index in [0.29, 0.717) is 23.5 Å². The first-order chi connectivity index (χ1) is 11.1. The van der Waals surface area contributed by atoms with Gasteiger partial charge in [0.1, 0.15) is 11.4 Å². The Balaban J connectivity index is 2.17. The molecule has 0 saturated carbocycles. The number of rotatable bonds is 6. The molecule has 0 atom stereocenters. The van der Waals surface area contributed by atoms with Gasteiger partial charge in [-0.05, 0) is 42.8 Å². The molecule has 0 saturated heterocycles. The van der Waals surface area contributed by atoms with Gasteiger partial charge in [-0.2, -0.15) is 0 Å². The second kappa shape index (κ2) is 7.79. The van der Waals surface area contributed by atoms with Crippen molar-refractivity contribution in [2.75, 3.05) is 6.61 Å². The van der Waals surface area contributed by atoms with Crippen molar-refractivity contribution in [3.8, 4) is 5.75 Å². The van der Waals surface area contributed by atoms with Crippen molar-refractivity contribution in [2.24, 2.45) is 0 Å². The molecule has 2 rings (SSSR count). The van der Waals surface area contributed by atoms with Crippen molar-refractivity contribution >= 4 is 18.0 Å². The summed E-state index contributed by atoms with van der Waals surface area (Å²) in [5, 5.41) is 11.7. The van der Waals surface area contributed by atoms with Gasteiger partial charge in [0.25, 0.3) is 5.91 Å². The van der Waals surface area contributed by atoms with Gasteiger partial charge in [-0.3, -0.25) is 4.79 Å². The van der Waals surface area contributed by atoms with E-state index in [1.54, 1.807) is 54.6 Å². The molecule has 0 aliphatic heterocycles. The van der Waals surface area contributed by atoms with Gasteiger partial charge in [0, 0.05) is 5.56 Å². The number of ether oxygens (including phenoxy) is 1. The molecule has 23 heavy (non-hydrogen) atoms. The van der Waals surface area contributed by atoms with E-state index in [9.17, 15) is 14.7 Å². The molecule has 0 unspecified atom stereocenters. The van der Waals surface area contributed by atoms with Crippen LogP contribution in [-0.2, 0) is 4.79 Å². The molecule has 2 aromatic rings. The maximum Gasteiger partial charge on any atom is 0.352 e. The number of benzene rings is 2. The van der Waals surface area contributed by atoms with Crippen LogP contribution in [0.4, 0.5) is 0 Å². The second-order valence-electron chi connectivity index (χ2n) is 4.69. The number of amides is 1. The standard InChI is InChI=1S/C18H17NO4/c1-2-23-15-10-8-13(9-11-15)12-16(18(21)22)19-17(20)14-6-4-3-5-7-14/h3-12H,2H2,1H3,(H,19,20)(H,21,22). The number of hydrogen-bond donors (Lipinski definition) is 2. The monoisotopic (exact) mass is 311 g/mol. The van der Waals surface area contributed by atoms with Crippen LogP contribution < -0.4 is 10.1 Å². The lowest BCUT2D eigenvalue weighted by Gasteiger charge is -2.07. The third-order valence-corrected chi connectivity index (χ3v) is 3.02. The zero-order chi connectivity index (χ0) is 16.7. The van der Waals surface area contributed by atoms with Crippen molar-refractivity contribution in [3.05, 3.63) is 71.4 Å². The van der Waals surface area contributed by atoms with Crippen molar-refractivity contribution in [2.45, 2.75) is 6.92 Å². The summed E-state index contributed by atoms with van der Waals surface area (Å²) in [4.78, 5) is 23.4. The van der Waals surface area contributed by atoms with Gasteiger partial charge in [-0.25, -0.2) is 4.79 Å². The Hall–Kier alpha value is -3.08. The molecule has 0 spiro atoms. The minimum atomic E-state index is -1.21. The minimum absolute atomic E-state index is 0.192. The van der Waals surface area contributed by atoms with Gasteiger partial charge < -0.3 is 15.2 Å². The van der Waals surface area contributed by atoms with E-state index >= 15 is 0 Å². The molecule has 1 amide bonds. The summed E-state index contributed by atoms with van der Waals surface area (Å²) in [6, 6.07) is 15.4. The van der Waals surface area contributed by atoms with E-state index < -0.39 is 11.9 Å². The third kappa shape index (κ3) is 4.71. The number of aliphatic carboxylic acids is 1. The number of carboxylic acid groups (broad SMARTS) is 1. The first kappa shape index (κ1) is 16.3. The summed E-state index contributed by atoms with van der Waals surface area (Å²) in [5.74, 6) is -0.969. The van der Waals surface area contributed by atoms with Gasteiger partial charge in [0.15, 0.2) is 0 Å². The second-order valence-corrected chi connectivity index (χ2v) is 4.69. The van der Waals surface area contributed by atoms with Crippen LogP contribution in [-0.4, -0.2) is 23.6 Å². The SMILES string of the molecule is CCOc1ccc(C=C(NC(=O)c2ccccc2)C(=O)O)cc1. The van der Waals surface area contributed by atoms with Crippen LogP contribution in [0, 0.1) is 0 Å². The molecule has 0 aromatic heterocycles. The summed E-state index contributed by atoms with van der Waals surface area (Å²) in [6.45, 7) is 2.44. The first-order valence-electron chi connectivity index (χ1n) is 7.14. The van der Waals surface area contributed by atoms with E-state index in [-0.39, 0.29) is 5.70 Å². The Morgan fingerprint density at radius 1 is 1.09 bits per heavy atom. The van der Waals surface area contributed by atoms with Gasteiger partial charge >= 0.3 is 5.97 Å². The normalized spacial score (nSPS) is 10.9. The summed E-state index contributed by atoms with van der Waals surface area (Å²) < 4.78 is 5.33. The highest BCUT2D eigenvalue weighted by Crippen LogP contribution is 2.14. The summed E-state index contributed by atoms with van der Waals surface area (Å²) in [6.07, 6.45) is 1.40. The van der Waals surface area contributed by atoms with Crippen molar-refractivity contribution in [3.63, 3.8) is 0 Å². The number of hydrogen-bond acceptors (Lipinski definition) is 3. The van der Waals surface area contributed by atoms with Gasteiger partial charge in [0.2, 0.25) is 0 Å². The fraction of sp³-hybridized carbons (Fsp3) is 0.111. The molecule has 0 heterocycles. The summed E-state index contributed by atoms with van der Waals surface area (Å²) in [5.41, 5.74) is 0.855. The highest BCUT2D eigenvalue weighted by molar-refractivity contribution is 6.02. The molecule has 5 nitrogen and oxygen atoms in total. The molecule has 0 fully saturated rings. The van der Waals surface area contributed by atoms with Crippen molar-refractivity contribution in [1.82, 2.24) is 5.32 Å². The highest BCUT2D eigenvalue weighted by atomic mass is 16.5. The van der Waals surface area contributed by atoms with E-state index in [1.807, 2.05) is 6.92 Å². The predicted molar refractivity (Wildman–Crippen MR) is 87.1 cm³/mol. The van der Waals surface area contributed by atoms with Crippen LogP contribution in [0.1, 0.15) is 22.8 Å². The molecular weight excluding hydrogens is 294 g/mol. The fourth-order valence-electron chi connectivity index (χ4n) is 1.93. The van der Waals surface area contributed by atoms with Crippen molar-refractivity contribution in [1.29, 1.82) is 0 Å². The quantitative estimate of drug-likeness (QED) is 0.804. The lowest BCUT2D eigenvalue weighted by atomic mass is 10.1. The third-order valence-electron chi connectivity index (χ3n) is 3.02. The first-order valence-corrected chi connectivity index (χ1v) is 7.14. The Bertz CT molecular complexity index is 706. The van der Waals surface area contributed by atoms with Gasteiger partial charge in [-0.1, -0.05) is 30.3 Å². The molecule has 0 aliphatic carbocycles. The Kier molecular flexibility index (Phi) is 5.52. The lowest BCUT2D eigenvalue weighted by Crippen LogP contribution is -2.27. The van der Waals surface area contributed by atoms with Crippen LogP contribution in [0.3, 0.4) is 0 Å². The van der Waals surface area contributed by atoms with Crippen LogP contribution >= 0.6 is 0 Å². The fourth-order valence-corrected chi connectivity index (χ4v) is 1.93.